The van der Waals surface area contributed by atoms with Gasteiger partial charge in [0.25, 0.3) is 5.91 Å². The molecular weight excluding hydrogens is 336 g/mol. The van der Waals surface area contributed by atoms with Gasteiger partial charge in [0.15, 0.2) is 6.10 Å². The Morgan fingerprint density at radius 1 is 1.00 bits per heavy atom. The normalized spacial score (nSPS) is 16.4. The van der Waals surface area contributed by atoms with Crippen molar-refractivity contribution >= 4 is 12.0 Å². The van der Waals surface area contributed by atoms with E-state index in [-0.39, 0.29) is 5.91 Å². The van der Waals surface area contributed by atoms with Gasteiger partial charge in [-0.2, -0.15) is 0 Å². The van der Waals surface area contributed by atoms with Crippen LogP contribution in [0.1, 0.15) is 18.9 Å². The van der Waals surface area contributed by atoms with E-state index >= 15 is 0 Å². The van der Waals surface area contributed by atoms with Crippen LogP contribution in [0.3, 0.4) is 0 Å². The molecule has 2 aromatic rings. The lowest BCUT2D eigenvalue weighted by atomic mass is 10.2. The lowest BCUT2D eigenvalue weighted by Gasteiger charge is -2.35. The van der Waals surface area contributed by atoms with E-state index in [2.05, 4.69) is 29.2 Å². The van der Waals surface area contributed by atoms with Crippen LogP contribution in [0.25, 0.3) is 6.08 Å². The summed E-state index contributed by atoms with van der Waals surface area (Å²) >= 11 is 0. The van der Waals surface area contributed by atoms with Crippen molar-refractivity contribution in [1.82, 2.24) is 9.80 Å². The van der Waals surface area contributed by atoms with Gasteiger partial charge >= 0.3 is 0 Å². The number of carbonyl (C=O) groups excluding carboxylic acids is 1. The molecule has 1 amide bonds. The maximum atomic E-state index is 12.8. The minimum Gasteiger partial charge on any atom is -0.481 e. The highest BCUT2D eigenvalue weighted by Crippen LogP contribution is 2.15. The molecule has 0 aromatic heterocycles. The van der Waals surface area contributed by atoms with Crippen LogP contribution in [0.4, 0.5) is 0 Å². The molecule has 1 saturated heterocycles. The van der Waals surface area contributed by atoms with Gasteiger partial charge in [-0.15, -0.1) is 0 Å². The number of rotatable bonds is 7. The van der Waals surface area contributed by atoms with E-state index in [4.69, 9.17) is 4.74 Å². The van der Waals surface area contributed by atoms with E-state index in [1.54, 1.807) is 0 Å². The summed E-state index contributed by atoms with van der Waals surface area (Å²) in [5.41, 5.74) is 1.22. The Hall–Kier alpha value is -2.59. The lowest BCUT2D eigenvalue weighted by molar-refractivity contribution is -0.140. The Balaban J connectivity index is 1.46. The SMILES string of the molecule is CC[C@H](Oc1ccccc1)C(=O)N1CCN(C/C=C/c2ccccc2)CC1. The quantitative estimate of drug-likeness (QED) is 0.751. The zero-order chi connectivity index (χ0) is 18.9. The summed E-state index contributed by atoms with van der Waals surface area (Å²) in [6.07, 6.45) is 4.61. The molecular formula is C23H28N2O2. The third kappa shape index (κ3) is 5.69. The monoisotopic (exact) mass is 364 g/mol. The van der Waals surface area contributed by atoms with Crippen LogP contribution < -0.4 is 4.74 Å². The highest BCUT2D eigenvalue weighted by atomic mass is 16.5. The molecule has 0 bridgehead atoms. The van der Waals surface area contributed by atoms with Crippen LogP contribution in [0.2, 0.25) is 0 Å². The third-order valence-electron chi connectivity index (χ3n) is 4.83. The van der Waals surface area contributed by atoms with Crippen molar-refractivity contribution in [3.63, 3.8) is 0 Å². The van der Waals surface area contributed by atoms with Crippen LogP contribution in [-0.2, 0) is 4.79 Å². The van der Waals surface area contributed by atoms with E-state index < -0.39 is 6.10 Å². The van der Waals surface area contributed by atoms with Gasteiger partial charge in [-0.25, -0.2) is 0 Å². The van der Waals surface area contributed by atoms with E-state index in [9.17, 15) is 4.79 Å². The van der Waals surface area contributed by atoms with Gasteiger partial charge in [-0.3, -0.25) is 9.69 Å². The zero-order valence-corrected chi connectivity index (χ0v) is 16.0. The van der Waals surface area contributed by atoms with Gasteiger partial charge in [0.1, 0.15) is 5.75 Å². The van der Waals surface area contributed by atoms with E-state index in [0.29, 0.717) is 6.42 Å². The number of ether oxygens (including phenoxy) is 1. The van der Waals surface area contributed by atoms with E-state index in [0.717, 1.165) is 38.5 Å². The average Bonchev–Trinajstić information content (AvgIpc) is 2.73. The standard InChI is InChI=1S/C23H28N2O2/c1-2-22(27-21-13-7-4-8-14-21)23(26)25-18-16-24(17-19-25)15-9-12-20-10-5-3-6-11-20/h3-14,22H,2,15-19H2,1H3/b12-9+/t22-/m0/s1. The maximum absolute atomic E-state index is 12.8. The van der Waals surface area contributed by atoms with Crippen molar-refractivity contribution in [2.24, 2.45) is 0 Å². The summed E-state index contributed by atoms with van der Waals surface area (Å²) in [6.45, 7) is 6.21. The topological polar surface area (TPSA) is 32.8 Å². The fraction of sp³-hybridized carbons (Fsp3) is 0.348. The summed E-state index contributed by atoms with van der Waals surface area (Å²) in [5, 5.41) is 0. The fourth-order valence-electron chi connectivity index (χ4n) is 3.23. The molecule has 0 N–H and O–H groups in total. The molecule has 4 heteroatoms. The minimum atomic E-state index is -0.406. The average molecular weight is 364 g/mol. The Labute approximate surface area is 162 Å². The van der Waals surface area contributed by atoms with E-state index in [1.807, 2.05) is 60.4 Å². The van der Waals surface area contributed by atoms with Crippen molar-refractivity contribution < 1.29 is 9.53 Å². The number of hydrogen-bond acceptors (Lipinski definition) is 3. The van der Waals surface area contributed by atoms with E-state index in [1.165, 1.54) is 5.56 Å². The second-order valence-corrected chi connectivity index (χ2v) is 6.77. The molecule has 142 valence electrons. The Bertz CT molecular complexity index is 723. The summed E-state index contributed by atoms with van der Waals surface area (Å²) in [7, 11) is 0. The molecule has 3 rings (SSSR count). The summed E-state index contributed by atoms with van der Waals surface area (Å²) in [6, 6.07) is 19.9. The van der Waals surface area contributed by atoms with Crippen LogP contribution in [-0.4, -0.2) is 54.5 Å². The molecule has 1 aliphatic heterocycles. The molecule has 27 heavy (non-hydrogen) atoms. The Morgan fingerprint density at radius 2 is 1.63 bits per heavy atom. The van der Waals surface area contributed by atoms with Crippen molar-refractivity contribution in [2.45, 2.75) is 19.4 Å². The molecule has 0 spiro atoms. The third-order valence-corrected chi connectivity index (χ3v) is 4.83. The lowest BCUT2D eigenvalue weighted by Crippen LogP contribution is -2.52. The van der Waals surface area contributed by atoms with Gasteiger partial charge in [0.2, 0.25) is 0 Å². The van der Waals surface area contributed by atoms with Crippen molar-refractivity contribution in [1.29, 1.82) is 0 Å². The van der Waals surface area contributed by atoms with Crippen LogP contribution in [0.15, 0.2) is 66.7 Å². The first-order valence-corrected chi connectivity index (χ1v) is 9.70. The summed E-state index contributed by atoms with van der Waals surface area (Å²) in [4.78, 5) is 17.1. The molecule has 0 radical (unpaired) electrons. The predicted octanol–water partition coefficient (Wildman–Crippen LogP) is 3.70. The van der Waals surface area contributed by atoms with Gasteiger partial charge in [-0.1, -0.05) is 67.6 Å². The van der Waals surface area contributed by atoms with Gasteiger partial charge in [-0.05, 0) is 24.1 Å². The Kier molecular flexibility index (Phi) is 7.05. The fourth-order valence-corrected chi connectivity index (χ4v) is 3.23. The van der Waals surface area contributed by atoms with Gasteiger partial charge in [0.05, 0.1) is 0 Å². The Morgan fingerprint density at radius 3 is 2.26 bits per heavy atom. The molecule has 1 aliphatic rings. The first kappa shape index (κ1) is 19.2. The first-order chi connectivity index (χ1) is 13.3. The number of nitrogens with zero attached hydrogens (tertiary/aromatic N) is 2. The summed E-state index contributed by atoms with van der Waals surface area (Å²) < 4.78 is 5.90. The molecule has 0 saturated carbocycles. The van der Waals surface area contributed by atoms with Crippen molar-refractivity contribution in [3.05, 3.63) is 72.3 Å². The molecule has 1 atom stereocenters. The number of para-hydroxylation sites is 1. The second-order valence-electron chi connectivity index (χ2n) is 6.77. The molecule has 0 aliphatic carbocycles. The smallest absolute Gasteiger partial charge is 0.263 e. The summed E-state index contributed by atoms with van der Waals surface area (Å²) in [5.74, 6) is 0.850. The predicted molar refractivity (Wildman–Crippen MR) is 110 cm³/mol. The van der Waals surface area contributed by atoms with Gasteiger partial charge in [0, 0.05) is 32.7 Å². The first-order valence-electron chi connectivity index (χ1n) is 9.70. The number of carbonyl (C=O) groups is 1. The highest BCUT2D eigenvalue weighted by Gasteiger charge is 2.27. The molecule has 1 fully saturated rings. The minimum absolute atomic E-state index is 0.0980. The van der Waals surface area contributed by atoms with Crippen LogP contribution >= 0.6 is 0 Å². The highest BCUT2D eigenvalue weighted by molar-refractivity contribution is 5.81. The van der Waals surface area contributed by atoms with Gasteiger partial charge < -0.3 is 9.64 Å². The number of piperazine rings is 1. The number of benzene rings is 2. The number of hydrogen-bond donors (Lipinski definition) is 0. The second kappa shape index (κ2) is 9.93. The largest absolute Gasteiger partial charge is 0.481 e. The molecule has 0 unspecified atom stereocenters. The van der Waals surface area contributed by atoms with Crippen LogP contribution in [0, 0.1) is 0 Å². The van der Waals surface area contributed by atoms with Crippen molar-refractivity contribution in [2.75, 3.05) is 32.7 Å². The number of amides is 1. The van der Waals surface area contributed by atoms with Crippen LogP contribution in [0.5, 0.6) is 5.75 Å². The molecule has 4 nitrogen and oxygen atoms in total. The maximum Gasteiger partial charge on any atom is 0.263 e. The molecule has 1 heterocycles. The zero-order valence-electron chi connectivity index (χ0n) is 16.0. The molecule has 2 aromatic carbocycles. The van der Waals surface area contributed by atoms with Crippen molar-refractivity contribution in [3.8, 4) is 5.75 Å².